The highest BCUT2D eigenvalue weighted by atomic mass is 79.9. The van der Waals surface area contributed by atoms with E-state index in [4.69, 9.17) is 0 Å². The highest BCUT2D eigenvalue weighted by Crippen LogP contribution is 2.31. The van der Waals surface area contributed by atoms with E-state index in [1.807, 2.05) is 13.0 Å². The Morgan fingerprint density at radius 3 is 2.87 bits per heavy atom. The van der Waals surface area contributed by atoms with Gasteiger partial charge in [0, 0.05) is 11.6 Å². The van der Waals surface area contributed by atoms with Crippen LogP contribution in [0.5, 0.6) is 0 Å². The fourth-order valence-electron chi connectivity index (χ4n) is 2.19. The van der Waals surface area contributed by atoms with Gasteiger partial charge in [-0.25, -0.2) is 4.39 Å². The smallest absolute Gasteiger partial charge is 0.142 e. The lowest BCUT2D eigenvalue weighted by Gasteiger charge is -2.26. The van der Waals surface area contributed by atoms with Gasteiger partial charge in [0.15, 0.2) is 0 Å². The van der Waals surface area contributed by atoms with E-state index < -0.39 is 0 Å². The first kappa shape index (κ1) is 11.1. The summed E-state index contributed by atoms with van der Waals surface area (Å²) in [6.45, 7) is 2.97. The fourth-order valence-corrected chi connectivity index (χ4v) is 2.53. The molecule has 1 aromatic carbocycles. The monoisotopic (exact) mass is 271 g/mol. The number of nitrogens with one attached hydrogen (secondary N) is 1. The number of aryl methyl sites for hydroxylation is 1. The lowest BCUT2D eigenvalue weighted by Crippen LogP contribution is -2.28. The van der Waals surface area contributed by atoms with Crippen LogP contribution >= 0.6 is 15.9 Å². The molecule has 82 valence electrons. The number of hydrogen-bond donors (Lipinski definition) is 1. The van der Waals surface area contributed by atoms with E-state index >= 15 is 0 Å². The first-order valence-corrected chi connectivity index (χ1v) is 6.17. The largest absolute Gasteiger partial charge is 0.310 e. The van der Waals surface area contributed by atoms with Gasteiger partial charge in [0.2, 0.25) is 0 Å². The summed E-state index contributed by atoms with van der Waals surface area (Å²) in [4.78, 5) is 0. The Morgan fingerprint density at radius 2 is 2.20 bits per heavy atom. The van der Waals surface area contributed by atoms with Crippen LogP contribution in [0.2, 0.25) is 0 Å². The number of piperidine rings is 1. The highest BCUT2D eigenvalue weighted by Gasteiger charge is 2.21. The third-order valence-electron chi connectivity index (χ3n) is 3.01. The molecule has 0 spiro atoms. The molecule has 1 N–H and O–H groups in total. The van der Waals surface area contributed by atoms with Gasteiger partial charge >= 0.3 is 0 Å². The summed E-state index contributed by atoms with van der Waals surface area (Å²) in [7, 11) is 0. The van der Waals surface area contributed by atoms with Gasteiger partial charge in [0.1, 0.15) is 5.82 Å². The van der Waals surface area contributed by atoms with Crippen LogP contribution in [0.4, 0.5) is 4.39 Å². The molecule has 0 amide bonds. The number of rotatable bonds is 1. The maximum Gasteiger partial charge on any atom is 0.142 e. The topological polar surface area (TPSA) is 12.0 Å². The minimum Gasteiger partial charge on any atom is -0.310 e. The standard InChI is InChI=1S/C12H15BrFN/c1-8-5-6-9(13)12(14)11(8)10-4-2-3-7-15-10/h5-6,10,15H,2-4,7H2,1H3. The molecule has 0 bridgehead atoms. The van der Waals surface area contributed by atoms with E-state index in [0.717, 1.165) is 24.1 Å². The molecule has 1 aromatic rings. The van der Waals surface area contributed by atoms with Crippen LogP contribution in [0.25, 0.3) is 0 Å². The molecule has 0 aromatic heterocycles. The van der Waals surface area contributed by atoms with Crippen molar-refractivity contribution in [3.8, 4) is 0 Å². The van der Waals surface area contributed by atoms with Crippen LogP contribution < -0.4 is 5.32 Å². The predicted molar refractivity (Wildman–Crippen MR) is 63.4 cm³/mol. The van der Waals surface area contributed by atoms with Gasteiger partial charge in [0.25, 0.3) is 0 Å². The third-order valence-corrected chi connectivity index (χ3v) is 3.62. The molecule has 2 rings (SSSR count). The van der Waals surface area contributed by atoms with Crippen molar-refractivity contribution in [1.82, 2.24) is 5.32 Å². The van der Waals surface area contributed by atoms with E-state index in [9.17, 15) is 4.39 Å². The number of halogens is 2. The average Bonchev–Trinajstić information content (AvgIpc) is 2.26. The summed E-state index contributed by atoms with van der Waals surface area (Å²) < 4.78 is 14.5. The molecule has 0 radical (unpaired) electrons. The molecule has 1 atom stereocenters. The van der Waals surface area contributed by atoms with Gasteiger partial charge in [0.05, 0.1) is 4.47 Å². The Morgan fingerprint density at radius 1 is 1.40 bits per heavy atom. The summed E-state index contributed by atoms with van der Waals surface area (Å²) >= 11 is 3.24. The number of hydrogen-bond acceptors (Lipinski definition) is 1. The first-order chi connectivity index (χ1) is 7.20. The van der Waals surface area contributed by atoms with Crippen molar-refractivity contribution in [2.24, 2.45) is 0 Å². The number of benzene rings is 1. The normalized spacial score (nSPS) is 21.7. The van der Waals surface area contributed by atoms with Gasteiger partial charge < -0.3 is 5.32 Å². The van der Waals surface area contributed by atoms with Crippen LogP contribution in [0, 0.1) is 12.7 Å². The Kier molecular flexibility index (Phi) is 3.42. The van der Waals surface area contributed by atoms with Crippen molar-refractivity contribution >= 4 is 15.9 Å². The maximum absolute atomic E-state index is 14.0. The average molecular weight is 272 g/mol. The predicted octanol–water partition coefficient (Wildman–Crippen LogP) is 3.71. The summed E-state index contributed by atoms with van der Waals surface area (Å²) in [6.07, 6.45) is 3.42. The van der Waals surface area contributed by atoms with E-state index in [2.05, 4.69) is 21.2 Å². The quantitative estimate of drug-likeness (QED) is 0.821. The summed E-state index contributed by atoms with van der Waals surface area (Å²) in [5, 5.41) is 3.38. The second-order valence-corrected chi connectivity index (χ2v) is 4.95. The molecular formula is C12H15BrFN. The molecule has 3 heteroatoms. The summed E-state index contributed by atoms with van der Waals surface area (Å²) in [5.74, 6) is -0.102. The lowest BCUT2D eigenvalue weighted by atomic mass is 9.94. The summed E-state index contributed by atoms with van der Waals surface area (Å²) in [6, 6.07) is 3.94. The molecule has 15 heavy (non-hydrogen) atoms. The van der Waals surface area contributed by atoms with Gasteiger partial charge in [-0.1, -0.05) is 12.5 Å². The molecule has 1 aliphatic rings. The molecule has 1 fully saturated rings. The highest BCUT2D eigenvalue weighted by molar-refractivity contribution is 9.10. The fraction of sp³-hybridized carbons (Fsp3) is 0.500. The minimum atomic E-state index is -0.102. The SMILES string of the molecule is Cc1ccc(Br)c(F)c1C1CCCCN1. The molecule has 1 aliphatic heterocycles. The zero-order valence-electron chi connectivity index (χ0n) is 8.82. The Hall–Kier alpha value is -0.410. The van der Waals surface area contributed by atoms with Crippen LogP contribution in [0.1, 0.15) is 36.4 Å². The van der Waals surface area contributed by atoms with E-state index in [1.165, 1.54) is 12.8 Å². The molecule has 1 heterocycles. The van der Waals surface area contributed by atoms with Crippen LogP contribution in [0.3, 0.4) is 0 Å². The van der Waals surface area contributed by atoms with Crippen LogP contribution in [-0.4, -0.2) is 6.54 Å². The molecule has 1 saturated heterocycles. The second kappa shape index (κ2) is 4.62. The molecule has 1 nitrogen and oxygen atoms in total. The van der Waals surface area contributed by atoms with Crippen molar-refractivity contribution in [3.63, 3.8) is 0 Å². The Balaban J connectivity index is 2.36. The zero-order valence-corrected chi connectivity index (χ0v) is 10.4. The Bertz CT molecular complexity index is 359. The first-order valence-electron chi connectivity index (χ1n) is 5.38. The van der Waals surface area contributed by atoms with Crippen molar-refractivity contribution in [1.29, 1.82) is 0 Å². The van der Waals surface area contributed by atoms with Crippen molar-refractivity contribution < 1.29 is 4.39 Å². The molecular weight excluding hydrogens is 257 g/mol. The van der Waals surface area contributed by atoms with Crippen LogP contribution in [-0.2, 0) is 0 Å². The van der Waals surface area contributed by atoms with Gasteiger partial charge in [-0.15, -0.1) is 0 Å². The maximum atomic E-state index is 14.0. The zero-order chi connectivity index (χ0) is 10.8. The van der Waals surface area contributed by atoms with E-state index in [-0.39, 0.29) is 11.9 Å². The van der Waals surface area contributed by atoms with Gasteiger partial charge in [-0.2, -0.15) is 0 Å². The molecule has 1 unspecified atom stereocenters. The Labute approximate surface area is 98.2 Å². The van der Waals surface area contributed by atoms with Crippen molar-refractivity contribution in [3.05, 3.63) is 33.5 Å². The van der Waals surface area contributed by atoms with E-state index in [1.54, 1.807) is 6.07 Å². The molecule has 0 aliphatic carbocycles. The second-order valence-electron chi connectivity index (χ2n) is 4.09. The van der Waals surface area contributed by atoms with Gasteiger partial charge in [-0.3, -0.25) is 0 Å². The molecule has 0 saturated carbocycles. The van der Waals surface area contributed by atoms with E-state index in [0.29, 0.717) is 4.47 Å². The van der Waals surface area contributed by atoms with Crippen LogP contribution in [0.15, 0.2) is 16.6 Å². The van der Waals surface area contributed by atoms with Crippen molar-refractivity contribution in [2.45, 2.75) is 32.2 Å². The summed E-state index contributed by atoms with van der Waals surface area (Å²) in [5.41, 5.74) is 1.87. The lowest BCUT2D eigenvalue weighted by molar-refractivity contribution is 0.398. The third kappa shape index (κ3) is 2.23. The van der Waals surface area contributed by atoms with Gasteiger partial charge in [-0.05, 0) is 53.9 Å². The van der Waals surface area contributed by atoms with Crippen molar-refractivity contribution in [2.75, 3.05) is 6.54 Å². The minimum absolute atomic E-state index is 0.102.